The van der Waals surface area contributed by atoms with Crippen molar-refractivity contribution in [1.29, 1.82) is 0 Å². The minimum absolute atomic E-state index is 0.0227. The first-order chi connectivity index (χ1) is 12.5. The lowest BCUT2D eigenvalue weighted by atomic mass is 10.1. The van der Waals surface area contributed by atoms with Crippen molar-refractivity contribution in [3.05, 3.63) is 59.4 Å². The van der Waals surface area contributed by atoms with Crippen LogP contribution >= 0.6 is 0 Å². The third kappa shape index (κ3) is 3.72. The predicted octanol–water partition coefficient (Wildman–Crippen LogP) is 3.71. The molecule has 0 radical (unpaired) electrons. The van der Waals surface area contributed by atoms with E-state index in [0.29, 0.717) is 12.3 Å². The van der Waals surface area contributed by atoms with Crippen molar-refractivity contribution < 1.29 is 9.53 Å². The maximum absolute atomic E-state index is 12.5. The highest BCUT2D eigenvalue weighted by atomic mass is 16.5. The summed E-state index contributed by atoms with van der Waals surface area (Å²) in [6, 6.07) is 14.0. The van der Waals surface area contributed by atoms with Crippen LogP contribution in [0.3, 0.4) is 0 Å². The van der Waals surface area contributed by atoms with Gasteiger partial charge in [0.25, 0.3) is 5.91 Å². The SMILES string of the molecule is CCn1nc(C)c(CN(C)C(=O)COc2ccc3ccccc3c2)c1C. The van der Waals surface area contributed by atoms with Gasteiger partial charge in [-0.1, -0.05) is 30.3 Å². The van der Waals surface area contributed by atoms with Crippen LogP contribution in [0.15, 0.2) is 42.5 Å². The van der Waals surface area contributed by atoms with Gasteiger partial charge in [0.2, 0.25) is 0 Å². The number of aromatic nitrogens is 2. The van der Waals surface area contributed by atoms with E-state index < -0.39 is 0 Å². The zero-order valence-corrected chi connectivity index (χ0v) is 15.8. The highest BCUT2D eigenvalue weighted by molar-refractivity contribution is 5.84. The van der Waals surface area contributed by atoms with Crippen LogP contribution in [0.5, 0.6) is 5.75 Å². The van der Waals surface area contributed by atoms with Gasteiger partial charge >= 0.3 is 0 Å². The number of nitrogens with zero attached hydrogens (tertiary/aromatic N) is 3. The smallest absolute Gasteiger partial charge is 0.260 e. The normalized spacial score (nSPS) is 10.9. The second-order valence-electron chi connectivity index (χ2n) is 6.51. The molecule has 1 heterocycles. The van der Waals surface area contributed by atoms with Crippen molar-refractivity contribution in [2.45, 2.75) is 33.9 Å². The van der Waals surface area contributed by atoms with E-state index in [2.05, 4.69) is 18.1 Å². The molecular formula is C21H25N3O2. The molecule has 0 saturated heterocycles. The highest BCUT2D eigenvalue weighted by Crippen LogP contribution is 2.21. The molecule has 0 fully saturated rings. The van der Waals surface area contributed by atoms with Gasteiger partial charge in [-0.3, -0.25) is 9.48 Å². The lowest BCUT2D eigenvalue weighted by Gasteiger charge is -2.18. The summed E-state index contributed by atoms with van der Waals surface area (Å²) in [7, 11) is 1.80. The number of benzene rings is 2. The van der Waals surface area contributed by atoms with Gasteiger partial charge in [-0.25, -0.2) is 0 Å². The molecule has 5 heteroatoms. The number of ether oxygens (including phenoxy) is 1. The van der Waals surface area contributed by atoms with Gasteiger partial charge < -0.3 is 9.64 Å². The van der Waals surface area contributed by atoms with E-state index in [-0.39, 0.29) is 12.5 Å². The van der Waals surface area contributed by atoms with E-state index in [1.165, 1.54) is 0 Å². The molecule has 0 unspecified atom stereocenters. The van der Waals surface area contributed by atoms with Crippen molar-refractivity contribution in [1.82, 2.24) is 14.7 Å². The van der Waals surface area contributed by atoms with Gasteiger partial charge in [0, 0.05) is 31.4 Å². The van der Waals surface area contributed by atoms with Crippen molar-refractivity contribution >= 4 is 16.7 Å². The van der Waals surface area contributed by atoms with E-state index in [4.69, 9.17) is 4.74 Å². The van der Waals surface area contributed by atoms with Crippen LogP contribution in [-0.2, 0) is 17.9 Å². The van der Waals surface area contributed by atoms with Crippen molar-refractivity contribution in [3.63, 3.8) is 0 Å². The van der Waals surface area contributed by atoms with Gasteiger partial charge in [-0.2, -0.15) is 5.10 Å². The second kappa shape index (κ2) is 7.60. The molecule has 136 valence electrons. The van der Waals surface area contributed by atoms with Crippen molar-refractivity contribution in [3.8, 4) is 5.75 Å². The first-order valence-corrected chi connectivity index (χ1v) is 8.88. The molecule has 1 aromatic heterocycles. The first kappa shape index (κ1) is 18.0. The van der Waals surface area contributed by atoms with Crippen molar-refractivity contribution in [2.24, 2.45) is 0 Å². The number of fused-ring (bicyclic) bond motifs is 1. The van der Waals surface area contributed by atoms with Crippen LogP contribution in [-0.4, -0.2) is 34.2 Å². The third-order valence-electron chi connectivity index (χ3n) is 4.74. The Morgan fingerprint density at radius 3 is 2.58 bits per heavy atom. The van der Waals surface area contributed by atoms with E-state index in [9.17, 15) is 4.79 Å². The average molecular weight is 351 g/mol. The Morgan fingerprint density at radius 1 is 1.15 bits per heavy atom. The molecule has 0 aliphatic heterocycles. The summed E-state index contributed by atoms with van der Waals surface area (Å²) in [5, 5.41) is 6.77. The number of rotatable bonds is 6. The molecule has 0 aliphatic rings. The molecule has 0 bridgehead atoms. The predicted molar refractivity (Wildman–Crippen MR) is 103 cm³/mol. The monoisotopic (exact) mass is 351 g/mol. The lowest BCUT2D eigenvalue weighted by Crippen LogP contribution is -2.31. The van der Waals surface area contributed by atoms with E-state index >= 15 is 0 Å². The van der Waals surface area contributed by atoms with Crippen LogP contribution < -0.4 is 4.74 Å². The standard InChI is InChI=1S/C21H25N3O2/c1-5-24-16(3)20(15(2)22-24)13-23(4)21(25)14-26-19-11-10-17-8-6-7-9-18(17)12-19/h6-12H,5,13-14H2,1-4H3. The van der Waals surface area contributed by atoms with Crippen LogP contribution in [0.2, 0.25) is 0 Å². The molecule has 2 aromatic carbocycles. The molecule has 1 amide bonds. The summed E-state index contributed by atoms with van der Waals surface area (Å²) in [5.41, 5.74) is 3.19. The number of carbonyl (C=O) groups excluding carboxylic acids is 1. The molecule has 0 N–H and O–H groups in total. The zero-order valence-electron chi connectivity index (χ0n) is 15.8. The Kier molecular flexibility index (Phi) is 5.26. The molecule has 5 nitrogen and oxygen atoms in total. The number of hydrogen-bond donors (Lipinski definition) is 0. The molecule has 0 atom stereocenters. The average Bonchev–Trinajstić information content (AvgIpc) is 2.93. The van der Waals surface area contributed by atoms with Crippen LogP contribution in [0.25, 0.3) is 10.8 Å². The summed E-state index contributed by atoms with van der Waals surface area (Å²) in [4.78, 5) is 14.1. The van der Waals surface area contributed by atoms with E-state index in [1.54, 1.807) is 11.9 Å². The Balaban J connectivity index is 1.63. The van der Waals surface area contributed by atoms with Gasteiger partial charge in [0.1, 0.15) is 5.75 Å². The zero-order chi connectivity index (χ0) is 18.7. The molecule has 3 rings (SSSR count). The fraction of sp³-hybridized carbons (Fsp3) is 0.333. The molecule has 26 heavy (non-hydrogen) atoms. The highest BCUT2D eigenvalue weighted by Gasteiger charge is 2.16. The van der Waals surface area contributed by atoms with Gasteiger partial charge in [0.05, 0.1) is 5.69 Å². The Bertz CT molecular complexity index is 930. The van der Waals surface area contributed by atoms with E-state index in [0.717, 1.165) is 34.3 Å². The summed E-state index contributed by atoms with van der Waals surface area (Å²) >= 11 is 0. The summed E-state index contributed by atoms with van der Waals surface area (Å²) in [6.45, 7) is 7.48. The minimum Gasteiger partial charge on any atom is -0.484 e. The van der Waals surface area contributed by atoms with Crippen LogP contribution in [0.4, 0.5) is 0 Å². The maximum Gasteiger partial charge on any atom is 0.260 e. The number of carbonyl (C=O) groups is 1. The molecule has 0 saturated carbocycles. The quantitative estimate of drug-likeness (QED) is 0.680. The molecule has 3 aromatic rings. The van der Waals surface area contributed by atoms with Gasteiger partial charge in [-0.15, -0.1) is 0 Å². The van der Waals surface area contributed by atoms with Crippen LogP contribution in [0.1, 0.15) is 23.9 Å². The number of aryl methyl sites for hydroxylation is 2. The Hall–Kier alpha value is -2.82. The lowest BCUT2D eigenvalue weighted by molar-refractivity contribution is -0.132. The summed E-state index contributed by atoms with van der Waals surface area (Å²) in [6.07, 6.45) is 0. The first-order valence-electron chi connectivity index (χ1n) is 8.88. The van der Waals surface area contributed by atoms with Crippen LogP contribution in [0, 0.1) is 13.8 Å². The van der Waals surface area contributed by atoms with E-state index in [1.807, 2.05) is 54.9 Å². The van der Waals surface area contributed by atoms with Gasteiger partial charge in [0.15, 0.2) is 6.61 Å². The number of hydrogen-bond acceptors (Lipinski definition) is 3. The second-order valence-corrected chi connectivity index (χ2v) is 6.51. The molecule has 0 aliphatic carbocycles. The fourth-order valence-electron chi connectivity index (χ4n) is 3.11. The number of likely N-dealkylation sites (N-methyl/N-ethyl adjacent to an activating group) is 1. The number of amides is 1. The summed E-state index contributed by atoms with van der Waals surface area (Å²) in [5.74, 6) is 0.651. The Morgan fingerprint density at radius 2 is 1.88 bits per heavy atom. The third-order valence-corrected chi connectivity index (χ3v) is 4.74. The molecule has 0 spiro atoms. The Labute approximate surface area is 154 Å². The largest absolute Gasteiger partial charge is 0.484 e. The van der Waals surface area contributed by atoms with Gasteiger partial charge in [-0.05, 0) is 43.7 Å². The topological polar surface area (TPSA) is 47.4 Å². The van der Waals surface area contributed by atoms with Crippen molar-refractivity contribution in [2.75, 3.05) is 13.7 Å². The summed E-state index contributed by atoms with van der Waals surface area (Å²) < 4.78 is 7.68. The minimum atomic E-state index is -0.0544. The maximum atomic E-state index is 12.5. The fourth-order valence-corrected chi connectivity index (χ4v) is 3.11. The molecular weight excluding hydrogens is 326 g/mol.